The highest BCUT2D eigenvalue weighted by molar-refractivity contribution is 7.86. The Morgan fingerprint density at radius 2 is 1.43 bits per heavy atom. The summed E-state index contributed by atoms with van der Waals surface area (Å²) in [7, 11) is -6.17. The van der Waals surface area contributed by atoms with Gasteiger partial charge < -0.3 is 9.47 Å². The van der Waals surface area contributed by atoms with Crippen LogP contribution in [0.5, 0.6) is 0 Å². The van der Waals surface area contributed by atoms with E-state index in [1.54, 1.807) is 0 Å². The van der Waals surface area contributed by atoms with Gasteiger partial charge in [-0.1, -0.05) is 13.8 Å². The summed E-state index contributed by atoms with van der Waals surface area (Å²) in [6, 6.07) is 0. The maximum atomic E-state index is 14.3. The van der Waals surface area contributed by atoms with Crippen molar-refractivity contribution in [3.63, 3.8) is 0 Å². The molecule has 0 saturated heterocycles. The minimum Gasteiger partial charge on any atom is -0.360 e. The zero-order chi connectivity index (χ0) is 27.9. The van der Waals surface area contributed by atoms with Gasteiger partial charge >= 0.3 is 24.9 Å². The number of halogens is 12. The van der Waals surface area contributed by atoms with Gasteiger partial charge in [0.15, 0.2) is 0 Å². The van der Waals surface area contributed by atoms with Crippen LogP contribution in [0.3, 0.4) is 0 Å². The zero-order valence-corrected chi connectivity index (χ0v) is 18.5. The molecule has 1 rings (SSSR count). The van der Waals surface area contributed by atoms with Gasteiger partial charge in [0, 0.05) is 0 Å². The smallest absolute Gasteiger partial charge is 0.360 e. The Hall–Kier alpha value is -1.05. The summed E-state index contributed by atoms with van der Waals surface area (Å²) >= 11 is 0. The Bertz CT molecular complexity index is 819. The van der Waals surface area contributed by atoms with Crippen molar-refractivity contribution < 1.29 is 79.9 Å². The first-order valence-electron chi connectivity index (χ1n) is 9.49. The molecule has 0 aromatic heterocycles. The number of hydrogen-bond donors (Lipinski definition) is 1. The molecule has 0 radical (unpaired) electrons. The van der Waals surface area contributed by atoms with Crippen molar-refractivity contribution >= 4 is 10.1 Å². The van der Waals surface area contributed by atoms with Crippen LogP contribution in [0.2, 0.25) is 0 Å². The SMILES string of the molecule is CC(C)C1CCC(OCCC(F)(F)F)(C(F)(F)F)C(OCC(F)(F)F)(OC(F)(F)F)C1S(=O)(=O)O. The molecule has 19 heteroatoms. The Morgan fingerprint density at radius 3 is 1.77 bits per heavy atom. The minimum atomic E-state index is -6.35. The summed E-state index contributed by atoms with van der Waals surface area (Å²) < 4.78 is 205. The second-order valence-electron chi connectivity index (χ2n) is 8.04. The molecule has 1 N–H and O–H groups in total. The third kappa shape index (κ3) is 7.72. The van der Waals surface area contributed by atoms with E-state index in [-0.39, 0.29) is 0 Å². The molecule has 1 aliphatic rings. The van der Waals surface area contributed by atoms with E-state index < -0.39 is 96.0 Å². The number of alkyl halides is 12. The van der Waals surface area contributed by atoms with E-state index in [1.165, 1.54) is 0 Å². The van der Waals surface area contributed by atoms with Crippen LogP contribution in [0.25, 0.3) is 0 Å². The highest BCUT2D eigenvalue weighted by Crippen LogP contribution is 2.58. The fourth-order valence-corrected chi connectivity index (χ4v) is 5.56. The molecule has 0 bridgehead atoms. The fraction of sp³-hybridized carbons (Fsp3) is 1.00. The van der Waals surface area contributed by atoms with Crippen molar-refractivity contribution in [2.75, 3.05) is 13.2 Å². The Labute approximate surface area is 190 Å². The van der Waals surface area contributed by atoms with E-state index >= 15 is 0 Å². The molecule has 0 aliphatic heterocycles. The third-order valence-electron chi connectivity index (χ3n) is 5.24. The average Bonchev–Trinajstić information content (AvgIpc) is 2.55. The van der Waals surface area contributed by atoms with Crippen LogP contribution in [0, 0.1) is 11.8 Å². The summed E-state index contributed by atoms with van der Waals surface area (Å²) in [4.78, 5) is 0. The zero-order valence-electron chi connectivity index (χ0n) is 17.7. The topological polar surface area (TPSA) is 82.1 Å². The summed E-state index contributed by atoms with van der Waals surface area (Å²) in [6.07, 6.45) is -28.6. The van der Waals surface area contributed by atoms with E-state index in [4.69, 9.17) is 0 Å². The van der Waals surface area contributed by atoms with Crippen molar-refractivity contribution in [3.8, 4) is 0 Å². The Balaban J connectivity index is 4.05. The van der Waals surface area contributed by atoms with Gasteiger partial charge in [0.05, 0.1) is 13.0 Å². The van der Waals surface area contributed by atoms with Crippen LogP contribution >= 0.6 is 0 Å². The molecule has 0 aromatic carbocycles. The molecule has 0 amide bonds. The average molecular weight is 568 g/mol. The molecule has 35 heavy (non-hydrogen) atoms. The first kappa shape index (κ1) is 32.0. The molecule has 0 spiro atoms. The Morgan fingerprint density at radius 1 is 0.914 bits per heavy atom. The number of ether oxygens (including phenoxy) is 3. The maximum Gasteiger partial charge on any atom is 0.525 e. The number of rotatable bonds is 8. The Kier molecular flexibility index (Phi) is 9.15. The highest BCUT2D eigenvalue weighted by Gasteiger charge is 2.80. The maximum absolute atomic E-state index is 14.3. The van der Waals surface area contributed by atoms with Crippen LogP contribution in [-0.2, 0) is 24.3 Å². The monoisotopic (exact) mass is 568 g/mol. The van der Waals surface area contributed by atoms with Gasteiger partial charge in [-0.15, -0.1) is 13.2 Å². The normalized spacial score (nSPS) is 29.6. The quantitative estimate of drug-likeness (QED) is 0.240. The second kappa shape index (κ2) is 10.0. The van der Waals surface area contributed by atoms with Crippen molar-refractivity contribution in [2.24, 2.45) is 11.8 Å². The van der Waals surface area contributed by atoms with E-state index in [1.807, 2.05) is 0 Å². The van der Waals surface area contributed by atoms with Crippen molar-refractivity contribution in [3.05, 3.63) is 0 Å². The van der Waals surface area contributed by atoms with Gasteiger partial charge in [0.2, 0.25) is 11.4 Å². The van der Waals surface area contributed by atoms with Gasteiger partial charge in [-0.2, -0.15) is 47.9 Å². The summed E-state index contributed by atoms with van der Waals surface area (Å²) in [5.41, 5.74) is -4.84. The predicted molar refractivity (Wildman–Crippen MR) is 90.2 cm³/mol. The van der Waals surface area contributed by atoms with E-state index in [0.29, 0.717) is 0 Å². The van der Waals surface area contributed by atoms with Crippen LogP contribution in [0.4, 0.5) is 52.7 Å². The standard InChI is InChI=1S/C16H20F12O6S/c1-8(2)9-3-4-11(15(23,24)25,32-6-5-12(17,18)19)14(34-16(26,27)28,10(9)35(29,30)31)33-7-13(20,21)22/h8-10H,3-7H2,1-2H3,(H,29,30,31). The molecule has 4 atom stereocenters. The molecule has 0 aromatic rings. The van der Waals surface area contributed by atoms with Gasteiger partial charge in [-0.3, -0.25) is 9.29 Å². The van der Waals surface area contributed by atoms with E-state index in [2.05, 4.69) is 14.2 Å². The predicted octanol–water partition coefficient (Wildman–Crippen LogP) is 5.39. The second-order valence-corrected chi connectivity index (χ2v) is 9.58. The van der Waals surface area contributed by atoms with E-state index in [0.717, 1.165) is 13.8 Å². The molecule has 0 heterocycles. The lowest BCUT2D eigenvalue weighted by molar-refractivity contribution is -0.494. The van der Waals surface area contributed by atoms with Crippen LogP contribution in [-0.4, -0.2) is 67.7 Å². The van der Waals surface area contributed by atoms with Gasteiger partial charge in [-0.05, 0) is 24.7 Å². The van der Waals surface area contributed by atoms with Gasteiger partial charge in [0.25, 0.3) is 10.1 Å². The highest BCUT2D eigenvalue weighted by atomic mass is 32.2. The fourth-order valence-electron chi connectivity index (χ4n) is 3.97. The first-order valence-corrected chi connectivity index (χ1v) is 11.0. The lowest BCUT2D eigenvalue weighted by atomic mass is 9.69. The molecule has 1 fully saturated rings. The minimum absolute atomic E-state index is 1.06. The molecule has 1 saturated carbocycles. The number of hydrogen-bond acceptors (Lipinski definition) is 5. The molecule has 4 unspecified atom stereocenters. The molecular formula is C16H20F12O6S. The molecule has 6 nitrogen and oxygen atoms in total. The van der Waals surface area contributed by atoms with Crippen LogP contribution < -0.4 is 0 Å². The van der Waals surface area contributed by atoms with Gasteiger partial charge in [0.1, 0.15) is 11.9 Å². The lowest BCUT2D eigenvalue weighted by Crippen LogP contribution is -2.77. The van der Waals surface area contributed by atoms with Crippen LogP contribution in [0.15, 0.2) is 0 Å². The summed E-state index contributed by atoms with van der Waals surface area (Å²) in [5.74, 6) is -8.19. The van der Waals surface area contributed by atoms with Gasteiger partial charge in [-0.25, -0.2) is 0 Å². The van der Waals surface area contributed by atoms with Crippen LogP contribution in [0.1, 0.15) is 33.1 Å². The molecular weight excluding hydrogens is 548 g/mol. The summed E-state index contributed by atoms with van der Waals surface area (Å²) in [6.45, 7) is -2.90. The molecule has 210 valence electrons. The van der Waals surface area contributed by atoms with Crippen molar-refractivity contribution in [1.82, 2.24) is 0 Å². The molecule has 1 aliphatic carbocycles. The largest absolute Gasteiger partial charge is 0.525 e. The van der Waals surface area contributed by atoms with Crippen molar-refractivity contribution in [1.29, 1.82) is 0 Å². The van der Waals surface area contributed by atoms with Crippen molar-refractivity contribution in [2.45, 2.75) is 74.6 Å². The van der Waals surface area contributed by atoms with E-state index in [9.17, 15) is 65.7 Å². The summed E-state index contributed by atoms with van der Waals surface area (Å²) in [5, 5.41) is -3.51. The lowest BCUT2D eigenvalue weighted by Gasteiger charge is -2.56. The first-order chi connectivity index (χ1) is 15.3. The third-order valence-corrected chi connectivity index (χ3v) is 6.54.